The van der Waals surface area contributed by atoms with E-state index in [2.05, 4.69) is 46.4 Å². The predicted molar refractivity (Wildman–Crippen MR) is 57.9 cm³/mol. The van der Waals surface area contributed by atoms with Gasteiger partial charge in [0.15, 0.2) is 0 Å². The van der Waals surface area contributed by atoms with Crippen molar-refractivity contribution in [2.75, 3.05) is 6.54 Å². The van der Waals surface area contributed by atoms with E-state index in [0.717, 1.165) is 12.4 Å². The molecule has 1 aromatic rings. The fourth-order valence-corrected chi connectivity index (χ4v) is 1.75. The molecule has 0 aliphatic carbocycles. The molecule has 68 valence electrons. The molecule has 0 saturated heterocycles. The summed E-state index contributed by atoms with van der Waals surface area (Å²) in [7, 11) is 0. The van der Waals surface area contributed by atoms with Gasteiger partial charge in [-0.05, 0) is 11.3 Å². The van der Waals surface area contributed by atoms with Crippen molar-refractivity contribution in [3.05, 3.63) is 46.9 Å². The second kappa shape index (κ2) is 2.84. The SMILES string of the molecule is C1=CC2=NC=c3ccccc3=CN2C1. The number of hydrogen-bond donors (Lipinski definition) is 0. The standard InChI is InChI=1S/C12H10N2/c1-2-5-11-9-14-7-3-6-12(14)13-8-10(11)4-1/h1-6,8-9H,7H2. The second-order valence-corrected chi connectivity index (χ2v) is 3.43. The van der Waals surface area contributed by atoms with Crippen LogP contribution in [0.2, 0.25) is 0 Å². The number of nitrogens with zero attached hydrogens (tertiary/aromatic N) is 2. The minimum absolute atomic E-state index is 0.932. The minimum atomic E-state index is 0.932. The molecular formula is C12H10N2. The van der Waals surface area contributed by atoms with E-state index in [1.165, 1.54) is 10.4 Å². The average molecular weight is 182 g/mol. The van der Waals surface area contributed by atoms with E-state index in [9.17, 15) is 0 Å². The molecule has 2 heterocycles. The van der Waals surface area contributed by atoms with Gasteiger partial charge in [-0.1, -0.05) is 30.3 Å². The van der Waals surface area contributed by atoms with E-state index in [1.54, 1.807) is 0 Å². The lowest BCUT2D eigenvalue weighted by Gasteiger charge is -2.10. The van der Waals surface area contributed by atoms with Gasteiger partial charge in [-0.25, -0.2) is 4.99 Å². The molecule has 2 aliphatic heterocycles. The summed E-state index contributed by atoms with van der Waals surface area (Å²) in [5, 5.41) is 2.41. The third kappa shape index (κ3) is 1.08. The topological polar surface area (TPSA) is 15.6 Å². The van der Waals surface area contributed by atoms with E-state index < -0.39 is 0 Å². The first-order chi connectivity index (χ1) is 6.93. The van der Waals surface area contributed by atoms with E-state index >= 15 is 0 Å². The molecule has 0 atom stereocenters. The van der Waals surface area contributed by atoms with E-state index in [4.69, 9.17) is 0 Å². The highest BCUT2D eigenvalue weighted by Gasteiger charge is 2.10. The van der Waals surface area contributed by atoms with Crippen molar-refractivity contribution in [2.45, 2.75) is 0 Å². The number of benzene rings is 1. The van der Waals surface area contributed by atoms with Gasteiger partial charge in [0.05, 0.1) is 0 Å². The maximum atomic E-state index is 4.43. The van der Waals surface area contributed by atoms with Crippen LogP contribution in [0.3, 0.4) is 0 Å². The van der Waals surface area contributed by atoms with Gasteiger partial charge in [0, 0.05) is 24.2 Å². The highest BCUT2D eigenvalue weighted by atomic mass is 15.2. The Morgan fingerprint density at radius 3 is 2.93 bits per heavy atom. The normalized spacial score (nSPS) is 17.4. The summed E-state index contributed by atoms with van der Waals surface area (Å²) in [6.07, 6.45) is 8.25. The van der Waals surface area contributed by atoms with Crippen molar-refractivity contribution in [1.29, 1.82) is 0 Å². The quantitative estimate of drug-likeness (QED) is 0.568. The first kappa shape index (κ1) is 7.56. The zero-order valence-electron chi connectivity index (χ0n) is 7.72. The Morgan fingerprint density at radius 2 is 2.00 bits per heavy atom. The lowest BCUT2D eigenvalue weighted by molar-refractivity contribution is 0.697. The van der Waals surface area contributed by atoms with Gasteiger partial charge < -0.3 is 4.90 Å². The molecule has 0 saturated carbocycles. The highest BCUT2D eigenvalue weighted by molar-refractivity contribution is 5.99. The summed E-state index contributed by atoms with van der Waals surface area (Å²) in [5.41, 5.74) is 0. The lowest BCUT2D eigenvalue weighted by Crippen LogP contribution is -2.27. The smallest absolute Gasteiger partial charge is 0.132 e. The monoisotopic (exact) mass is 182 g/mol. The van der Waals surface area contributed by atoms with Crippen LogP contribution in [0.25, 0.3) is 12.4 Å². The van der Waals surface area contributed by atoms with Crippen molar-refractivity contribution in [1.82, 2.24) is 4.90 Å². The van der Waals surface area contributed by atoms with Gasteiger partial charge in [-0.3, -0.25) is 0 Å². The maximum Gasteiger partial charge on any atom is 0.132 e. The fourth-order valence-electron chi connectivity index (χ4n) is 1.75. The van der Waals surface area contributed by atoms with Gasteiger partial charge in [-0.15, -0.1) is 0 Å². The van der Waals surface area contributed by atoms with Crippen molar-refractivity contribution in [3.63, 3.8) is 0 Å². The van der Waals surface area contributed by atoms with Gasteiger partial charge in [0.2, 0.25) is 0 Å². The van der Waals surface area contributed by atoms with Crippen molar-refractivity contribution in [2.24, 2.45) is 4.99 Å². The van der Waals surface area contributed by atoms with E-state index in [0.29, 0.717) is 0 Å². The Bertz CT molecular complexity index is 538. The first-order valence-corrected chi connectivity index (χ1v) is 4.71. The van der Waals surface area contributed by atoms with Gasteiger partial charge >= 0.3 is 0 Å². The van der Waals surface area contributed by atoms with Crippen LogP contribution in [-0.4, -0.2) is 17.3 Å². The number of hydrogen-bond acceptors (Lipinski definition) is 2. The average Bonchev–Trinajstić information content (AvgIpc) is 2.58. The molecule has 0 N–H and O–H groups in total. The zero-order valence-corrected chi connectivity index (χ0v) is 7.72. The van der Waals surface area contributed by atoms with Crippen LogP contribution in [-0.2, 0) is 0 Å². The molecule has 2 nitrogen and oxygen atoms in total. The molecule has 0 aromatic heterocycles. The number of aliphatic imine (C=N–C) groups is 1. The van der Waals surface area contributed by atoms with E-state index in [-0.39, 0.29) is 0 Å². The molecule has 2 heteroatoms. The number of fused-ring (bicyclic) bond motifs is 2. The third-order valence-corrected chi connectivity index (χ3v) is 2.49. The summed E-state index contributed by atoms with van der Waals surface area (Å²) in [6, 6.07) is 8.29. The predicted octanol–water partition coefficient (Wildman–Crippen LogP) is 0.447. The van der Waals surface area contributed by atoms with Crippen LogP contribution in [0.5, 0.6) is 0 Å². The number of rotatable bonds is 0. The summed E-state index contributed by atoms with van der Waals surface area (Å²) >= 11 is 0. The Balaban J connectivity index is 2.29. The van der Waals surface area contributed by atoms with Crippen LogP contribution < -0.4 is 10.4 Å². The van der Waals surface area contributed by atoms with Gasteiger partial charge in [-0.2, -0.15) is 0 Å². The summed E-state index contributed by atoms with van der Waals surface area (Å²) in [4.78, 5) is 6.58. The molecule has 0 radical (unpaired) electrons. The van der Waals surface area contributed by atoms with Crippen LogP contribution in [0, 0.1) is 0 Å². The summed E-state index contributed by atoms with van der Waals surface area (Å²) in [6.45, 7) is 0.932. The molecule has 14 heavy (non-hydrogen) atoms. The van der Waals surface area contributed by atoms with Crippen LogP contribution in [0.1, 0.15) is 0 Å². The molecule has 0 amide bonds. The molecule has 0 unspecified atom stereocenters. The molecule has 1 aromatic carbocycles. The Morgan fingerprint density at radius 1 is 1.14 bits per heavy atom. The molecular weight excluding hydrogens is 172 g/mol. The minimum Gasteiger partial charge on any atom is -0.329 e. The van der Waals surface area contributed by atoms with Gasteiger partial charge in [0.25, 0.3) is 0 Å². The Labute approximate surface area is 82.2 Å². The van der Waals surface area contributed by atoms with Gasteiger partial charge in [0.1, 0.15) is 5.84 Å². The molecule has 0 spiro atoms. The molecule has 2 aliphatic rings. The molecule has 0 bridgehead atoms. The van der Waals surface area contributed by atoms with Crippen molar-refractivity contribution >= 4 is 18.2 Å². The largest absolute Gasteiger partial charge is 0.329 e. The first-order valence-electron chi connectivity index (χ1n) is 4.71. The summed E-state index contributed by atoms with van der Waals surface area (Å²) < 4.78 is 0. The maximum absolute atomic E-state index is 4.43. The van der Waals surface area contributed by atoms with Crippen LogP contribution >= 0.6 is 0 Å². The van der Waals surface area contributed by atoms with Crippen molar-refractivity contribution < 1.29 is 0 Å². The Kier molecular flexibility index (Phi) is 1.53. The molecule has 3 rings (SSSR count). The zero-order chi connectivity index (χ0) is 9.38. The van der Waals surface area contributed by atoms with Crippen molar-refractivity contribution in [3.8, 4) is 0 Å². The third-order valence-electron chi connectivity index (χ3n) is 2.49. The lowest BCUT2D eigenvalue weighted by atomic mass is 10.2. The van der Waals surface area contributed by atoms with Crippen LogP contribution in [0.4, 0.5) is 0 Å². The molecule has 0 fully saturated rings. The Hall–Kier alpha value is -1.83. The number of amidine groups is 1. The second-order valence-electron chi connectivity index (χ2n) is 3.43. The van der Waals surface area contributed by atoms with E-state index in [1.807, 2.05) is 12.3 Å². The van der Waals surface area contributed by atoms with Crippen LogP contribution in [0.15, 0.2) is 41.4 Å². The highest BCUT2D eigenvalue weighted by Crippen LogP contribution is 2.05. The fraction of sp³-hybridized carbons (Fsp3) is 0.0833. The summed E-state index contributed by atoms with van der Waals surface area (Å²) in [5.74, 6) is 1.03.